The molecule has 28 heteroatoms. The normalized spacial score (nSPS) is 25.1. The maximum atomic E-state index is 16.0. The van der Waals surface area contributed by atoms with Crippen LogP contribution in [0, 0.1) is 11.7 Å². The molecular weight excluding hydrogens is 1420 g/mol. The number of unbranched alkanes of at least 4 members (excludes halogenated alkanes) is 1. The number of carbonyl (C=O) groups excluding carboxylic acids is 9. The van der Waals surface area contributed by atoms with Gasteiger partial charge in [0.05, 0.1) is 12.7 Å². The zero-order valence-electron chi connectivity index (χ0n) is 61.4. The number of halogens is 1. The molecule has 6 aromatic rings. The fourth-order valence-corrected chi connectivity index (χ4v) is 17.0. The minimum Gasteiger partial charge on any atom is -0.508 e. The summed E-state index contributed by atoms with van der Waals surface area (Å²) in [5.74, 6) is -7.00. The van der Waals surface area contributed by atoms with Crippen LogP contribution in [0.1, 0.15) is 150 Å². The van der Waals surface area contributed by atoms with Crippen molar-refractivity contribution < 1.29 is 62.5 Å². The SMILES string of the molecule is C[C@H]1NC(=O)[C@H](CCCCN)NC(=O)CCSCc2cccc(c2)CSCCNC(=O)[C@]2(C)CCCN2C(=O)[C@H](Cc2ccc(O)cc2)NC(=O)[C@H](Cc2cnc[nH]2)NC(=O)[C@H](CC(=O)O)NC(=O)[C@H](CC2(C3CCCCCCCC3)CNc3ccc(F)cc32)NC(=O)[C@H](Cc2ccc3ccccc3c2)NC1=O. The fraction of sp³-hybridized carbons (Fsp3) is 0.487. The molecule has 2 bridgehead atoms. The second kappa shape index (κ2) is 39.0. The summed E-state index contributed by atoms with van der Waals surface area (Å²) < 4.78 is 16.0. The van der Waals surface area contributed by atoms with Gasteiger partial charge in [0.2, 0.25) is 53.2 Å². The first-order valence-electron chi connectivity index (χ1n) is 37.7. The molecule has 0 radical (unpaired) electrons. The summed E-state index contributed by atoms with van der Waals surface area (Å²) in [7, 11) is 0. The smallest absolute Gasteiger partial charge is 0.305 e. The summed E-state index contributed by atoms with van der Waals surface area (Å²) in [6.45, 7) is 4.07. The van der Waals surface area contributed by atoms with Crippen LogP contribution in [0.15, 0.2) is 122 Å². The molecule has 5 aromatic carbocycles. The zero-order chi connectivity index (χ0) is 76.7. The molecule has 0 spiro atoms. The van der Waals surface area contributed by atoms with Crippen molar-refractivity contribution in [2.45, 2.75) is 201 Å². The van der Waals surface area contributed by atoms with E-state index in [0.717, 1.165) is 60.4 Å². The molecule has 4 heterocycles. The van der Waals surface area contributed by atoms with Gasteiger partial charge in [0.25, 0.3) is 0 Å². The largest absolute Gasteiger partial charge is 0.508 e. The number of anilines is 1. The van der Waals surface area contributed by atoms with E-state index in [9.17, 15) is 34.2 Å². The molecule has 10 rings (SSSR count). The Morgan fingerprint density at radius 3 is 1.97 bits per heavy atom. The standard InChI is InChI=1S/C80H102FN13O12S2/c1-50-71(99)89-64(40-52-22-25-55-17-9-10-18-56(55)38-52)73(101)93-68(44-80(57-19-7-5-3-4-6-8-20-57)48-85-62-29-26-58(81)41-61(62)80)76(104)91-66(43-70(97)98)75(103)90-65(42-59-45-83-49-86-59)74(102)92-67(39-51-23-27-60(95)28-24-51)77(105)94-34-14-31-79(94,2)78(106)84-33-36-108-47-54-16-13-15-53(37-54)46-107-35-30-69(96)88-63(72(100)87-50)21-11-12-32-82/h9-10,13,15-18,22-29,37-38,41,45,49-50,57,63-68,85,95H,3-8,11-12,14,19-21,30-36,39-40,42-44,46-48,82H2,1-2H3,(H,83,86)(H,84,106)(H,87,100)(H,88,96)(H,89,99)(H,90,103)(H,91,104)(H,92,102)(H,93,101)(H,97,98)/t50-,63+,64+,65+,66+,67+,68+,79+,80?/m1/s1. The van der Waals surface area contributed by atoms with E-state index in [1.165, 1.54) is 48.6 Å². The highest BCUT2D eigenvalue weighted by Gasteiger charge is 2.50. The second-order valence-electron chi connectivity index (χ2n) is 29.2. The number of hydrogen-bond acceptors (Lipinski definition) is 16. The molecule has 14 N–H and O–H groups in total. The second-order valence-corrected chi connectivity index (χ2v) is 31.4. The van der Waals surface area contributed by atoms with Crippen molar-refractivity contribution in [3.63, 3.8) is 0 Å². The fourth-order valence-electron chi connectivity index (χ4n) is 15.3. The van der Waals surface area contributed by atoms with Crippen LogP contribution < -0.4 is 53.6 Å². The van der Waals surface area contributed by atoms with Crippen LogP contribution in [-0.2, 0) is 84.1 Å². The van der Waals surface area contributed by atoms with Gasteiger partial charge < -0.3 is 73.7 Å². The molecule has 25 nitrogen and oxygen atoms in total. The summed E-state index contributed by atoms with van der Waals surface area (Å²) in [6.07, 6.45) is 9.70. The highest BCUT2D eigenvalue weighted by atomic mass is 32.2. The van der Waals surface area contributed by atoms with E-state index in [-0.39, 0.29) is 75.7 Å². The van der Waals surface area contributed by atoms with E-state index in [1.807, 2.05) is 54.6 Å². The molecule has 578 valence electrons. The Bertz CT molecular complexity index is 4130. The molecule has 1 aromatic heterocycles. The van der Waals surface area contributed by atoms with Gasteiger partial charge in [-0.25, -0.2) is 9.37 Å². The average Bonchev–Trinajstić information content (AvgIpc) is 1.34. The summed E-state index contributed by atoms with van der Waals surface area (Å²) >= 11 is 3.16. The minimum absolute atomic E-state index is 0.0548. The number of amides is 9. The third-order valence-corrected chi connectivity index (χ3v) is 23.3. The Labute approximate surface area is 637 Å². The average molecular weight is 1520 g/mol. The van der Waals surface area contributed by atoms with Crippen molar-refractivity contribution in [2.75, 3.05) is 43.0 Å². The number of aromatic nitrogens is 2. The molecule has 2 fully saturated rings. The first-order valence-corrected chi connectivity index (χ1v) is 40.0. The summed E-state index contributed by atoms with van der Waals surface area (Å²) in [6, 6.07) is 21.0. The van der Waals surface area contributed by atoms with Gasteiger partial charge in [-0.05, 0) is 147 Å². The number of rotatable bonds is 15. The predicted molar refractivity (Wildman–Crippen MR) is 413 cm³/mol. The molecule has 1 saturated carbocycles. The number of aliphatic carboxylic acids is 1. The number of phenolic OH excluding ortho intramolecular Hbond substituents is 1. The van der Waals surface area contributed by atoms with E-state index in [0.29, 0.717) is 96.2 Å². The number of fused-ring (bicyclic) bond motifs is 5. The Kier molecular flexibility index (Phi) is 29.3. The number of carbonyl (C=O) groups is 10. The van der Waals surface area contributed by atoms with Gasteiger partial charge in [-0.2, -0.15) is 23.5 Å². The van der Waals surface area contributed by atoms with Crippen molar-refractivity contribution in [1.29, 1.82) is 0 Å². The van der Waals surface area contributed by atoms with Crippen molar-refractivity contribution in [3.8, 4) is 5.75 Å². The Morgan fingerprint density at radius 2 is 1.26 bits per heavy atom. The molecule has 108 heavy (non-hydrogen) atoms. The highest BCUT2D eigenvalue weighted by Crippen LogP contribution is 2.50. The van der Waals surface area contributed by atoms with Crippen LogP contribution in [0.5, 0.6) is 5.75 Å². The van der Waals surface area contributed by atoms with Gasteiger partial charge in [-0.15, -0.1) is 0 Å². The number of nitrogens with two attached hydrogens (primary N) is 1. The van der Waals surface area contributed by atoms with Gasteiger partial charge in [0.15, 0.2) is 0 Å². The number of hydrogen-bond donors (Lipinski definition) is 13. The van der Waals surface area contributed by atoms with Crippen LogP contribution in [-0.4, -0.2) is 170 Å². The Balaban J connectivity index is 1.02. The van der Waals surface area contributed by atoms with Crippen molar-refractivity contribution >= 4 is 99.1 Å². The van der Waals surface area contributed by atoms with E-state index in [1.54, 1.807) is 54.7 Å². The van der Waals surface area contributed by atoms with Gasteiger partial charge in [0, 0.05) is 91.3 Å². The lowest BCUT2D eigenvalue weighted by Crippen LogP contribution is -2.62. The first kappa shape index (κ1) is 81.0. The number of aromatic hydroxyl groups is 1. The number of aromatic amines is 1. The molecule has 9 amide bonds. The summed E-state index contributed by atoms with van der Waals surface area (Å²) in [5.41, 5.74) is 8.11. The van der Waals surface area contributed by atoms with Crippen LogP contribution in [0.3, 0.4) is 0 Å². The minimum atomic E-state index is -1.97. The number of carboxylic acid groups (broad SMARTS) is 1. The molecule has 1 saturated heterocycles. The Morgan fingerprint density at radius 1 is 0.630 bits per heavy atom. The molecule has 1 unspecified atom stereocenters. The van der Waals surface area contributed by atoms with Crippen molar-refractivity contribution in [1.82, 2.24) is 57.4 Å². The van der Waals surface area contributed by atoms with Crippen LogP contribution in [0.25, 0.3) is 10.8 Å². The van der Waals surface area contributed by atoms with Crippen LogP contribution >= 0.6 is 23.5 Å². The number of benzene rings is 5. The lowest BCUT2D eigenvalue weighted by atomic mass is 9.64. The van der Waals surface area contributed by atoms with E-state index in [2.05, 4.69) is 63.9 Å². The first-order chi connectivity index (χ1) is 52.1. The number of thioether (sulfide) groups is 2. The van der Waals surface area contributed by atoms with Gasteiger partial charge in [-0.3, -0.25) is 47.9 Å². The topological polar surface area (TPSA) is 377 Å². The van der Waals surface area contributed by atoms with E-state index in [4.69, 9.17) is 5.73 Å². The monoisotopic (exact) mass is 1520 g/mol. The molecular formula is C80H102FN13O12S2. The number of imidazole rings is 1. The van der Waals surface area contributed by atoms with Crippen molar-refractivity contribution in [2.24, 2.45) is 11.7 Å². The summed E-state index contributed by atoms with van der Waals surface area (Å²) in [4.78, 5) is 156. The highest BCUT2D eigenvalue weighted by molar-refractivity contribution is 7.98. The van der Waals surface area contributed by atoms with Gasteiger partial charge >= 0.3 is 5.97 Å². The maximum Gasteiger partial charge on any atom is 0.305 e. The molecule has 4 aliphatic rings. The number of carboxylic acids is 1. The number of nitrogens with one attached hydrogen (secondary N) is 10. The third kappa shape index (κ3) is 22.1. The van der Waals surface area contributed by atoms with Crippen molar-refractivity contribution in [3.05, 3.63) is 161 Å². The van der Waals surface area contributed by atoms with Crippen LogP contribution in [0.4, 0.5) is 10.1 Å². The third-order valence-electron chi connectivity index (χ3n) is 21.2. The molecule has 3 aliphatic heterocycles. The Hall–Kier alpha value is -9.54. The summed E-state index contributed by atoms with van der Waals surface area (Å²) in [5, 5.41) is 48.8. The quantitative estimate of drug-likeness (QED) is 0.0459. The lowest BCUT2D eigenvalue weighted by Gasteiger charge is -2.41. The number of nitrogens with zero attached hydrogens (tertiary/aromatic N) is 2. The predicted octanol–water partition coefficient (Wildman–Crippen LogP) is 7.02. The molecule has 1 aliphatic carbocycles. The van der Waals surface area contributed by atoms with Gasteiger partial charge in [-0.1, -0.05) is 117 Å². The maximum absolute atomic E-state index is 16.0. The zero-order valence-corrected chi connectivity index (χ0v) is 63.0. The number of phenols is 1. The van der Waals surface area contributed by atoms with Gasteiger partial charge in [0.1, 0.15) is 59.4 Å². The van der Waals surface area contributed by atoms with E-state index >= 15 is 28.4 Å². The molecule has 9 atom stereocenters. The number of H-pyrrole nitrogens is 1. The van der Waals surface area contributed by atoms with Crippen LogP contribution in [0.2, 0.25) is 0 Å². The van der Waals surface area contributed by atoms with E-state index < -0.39 is 119 Å². The lowest BCUT2D eigenvalue weighted by molar-refractivity contribution is -0.146.